The molecule has 0 heterocycles. The molecule has 0 aliphatic heterocycles. The number of nitro benzene ring substituents is 1. The molecule has 0 aromatic heterocycles. The molecule has 0 saturated heterocycles. The van der Waals surface area contributed by atoms with E-state index in [9.17, 15) is 24.1 Å². The van der Waals surface area contributed by atoms with E-state index in [-0.39, 0.29) is 28.4 Å². The average molecular weight is 514 g/mol. The quantitative estimate of drug-likeness (QED) is 0.264. The molecule has 2 amide bonds. The fourth-order valence-corrected chi connectivity index (χ4v) is 3.19. The predicted molar refractivity (Wildman–Crippen MR) is 124 cm³/mol. The Morgan fingerprint density at radius 1 is 1.09 bits per heavy atom. The number of hydrogen-bond acceptors (Lipinski definition) is 5. The molecule has 0 bridgehead atoms. The fraction of sp³-hybridized carbons (Fsp3) is 0.0435. The number of hydrogen-bond donors (Lipinski definition) is 2. The van der Waals surface area contributed by atoms with Gasteiger partial charge in [-0.1, -0.05) is 22.0 Å². The number of carbonyl (C=O) groups excluding carboxylic acids is 2. The maximum absolute atomic E-state index is 13.5. The van der Waals surface area contributed by atoms with E-state index in [4.69, 9.17) is 4.74 Å². The Labute approximate surface area is 196 Å². The summed E-state index contributed by atoms with van der Waals surface area (Å²) >= 11 is 3.29. The van der Waals surface area contributed by atoms with Gasteiger partial charge in [0.1, 0.15) is 17.3 Å². The Balaban J connectivity index is 1.95. The van der Waals surface area contributed by atoms with Gasteiger partial charge in [-0.25, -0.2) is 4.39 Å². The zero-order valence-electron chi connectivity index (χ0n) is 17.2. The summed E-state index contributed by atoms with van der Waals surface area (Å²) in [6, 6.07) is 15.5. The summed E-state index contributed by atoms with van der Waals surface area (Å²) in [5.41, 5.74) is 0.483. The van der Waals surface area contributed by atoms with Crippen LogP contribution in [0.2, 0.25) is 0 Å². The molecule has 0 radical (unpaired) electrons. The zero-order chi connectivity index (χ0) is 24.0. The number of halogens is 2. The Kier molecular flexibility index (Phi) is 7.52. The van der Waals surface area contributed by atoms with Crippen molar-refractivity contribution in [3.63, 3.8) is 0 Å². The first-order valence-corrected chi connectivity index (χ1v) is 10.2. The van der Waals surface area contributed by atoms with Crippen molar-refractivity contribution in [1.29, 1.82) is 0 Å². The molecular weight excluding hydrogens is 497 g/mol. The molecule has 0 aliphatic carbocycles. The number of amides is 2. The van der Waals surface area contributed by atoms with E-state index in [1.165, 1.54) is 61.7 Å². The third-order valence-corrected chi connectivity index (χ3v) is 4.89. The second-order valence-corrected chi connectivity index (χ2v) is 7.59. The van der Waals surface area contributed by atoms with Gasteiger partial charge in [0.25, 0.3) is 17.5 Å². The highest BCUT2D eigenvalue weighted by Gasteiger charge is 2.19. The van der Waals surface area contributed by atoms with Gasteiger partial charge in [-0.05, 0) is 60.2 Å². The van der Waals surface area contributed by atoms with Crippen molar-refractivity contribution >= 4 is 45.2 Å². The lowest BCUT2D eigenvalue weighted by Crippen LogP contribution is -2.31. The van der Waals surface area contributed by atoms with Gasteiger partial charge in [0.05, 0.1) is 17.6 Å². The van der Waals surface area contributed by atoms with Crippen LogP contribution in [0.4, 0.5) is 15.8 Å². The highest BCUT2D eigenvalue weighted by molar-refractivity contribution is 9.10. The van der Waals surface area contributed by atoms with E-state index < -0.39 is 22.6 Å². The van der Waals surface area contributed by atoms with Crippen LogP contribution in [0.3, 0.4) is 0 Å². The Hall–Kier alpha value is -4.05. The Bertz CT molecular complexity index is 1250. The number of nitro groups is 1. The van der Waals surface area contributed by atoms with Gasteiger partial charge in [-0.15, -0.1) is 0 Å². The predicted octanol–water partition coefficient (Wildman–Crippen LogP) is 4.91. The molecule has 33 heavy (non-hydrogen) atoms. The van der Waals surface area contributed by atoms with Gasteiger partial charge >= 0.3 is 0 Å². The molecule has 10 heteroatoms. The van der Waals surface area contributed by atoms with E-state index in [2.05, 4.69) is 26.6 Å². The van der Waals surface area contributed by atoms with Crippen LogP contribution in [0.25, 0.3) is 6.08 Å². The van der Waals surface area contributed by atoms with E-state index >= 15 is 0 Å². The van der Waals surface area contributed by atoms with Crippen LogP contribution in [-0.2, 0) is 4.79 Å². The molecule has 0 atom stereocenters. The number of nitrogens with zero attached hydrogens (tertiary/aromatic N) is 1. The lowest BCUT2D eigenvalue weighted by molar-refractivity contribution is -0.384. The van der Waals surface area contributed by atoms with E-state index in [0.29, 0.717) is 10.0 Å². The van der Waals surface area contributed by atoms with E-state index in [1.807, 2.05) is 0 Å². The molecule has 3 aromatic rings. The van der Waals surface area contributed by atoms with Crippen molar-refractivity contribution in [3.8, 4) is 5.75 Å². The summed E-state index contributed by atoms with van der Waals surface area (Å²) in [7, 11) is 1.41. The molecule has 3 aromatic carbocycles. The number of methoxy groups -OCH3 is 1. The number of nitrogens with one attached hydrogen (secondary N) is 2. The first-order chi connectivity index (χ1) is 15.8. The van der Waals surface area contributed by atoms with Crippen LogP contribution in [0.5, 0.6) is 5.75 Å². The molecule has 2 N–H and O–H groups in total. The molecule has 0 saturated carbocycles. The number of benzene rings is 3. The molecule has 0 spiro atoms. The van der Waals surface area contributed by atoms with Crippen LogP contribution in [0, 0.1) is 15.9 Å². The third kappa shape index (κ3) is 6.23. The van der Waals surface area contributed by atoms with Gasteiger partial charge < -0.3 is 15.4 Å². The lowest BCUT2D eigenvalue weighted by Gasteiger charge is -2.13. The largest absolute Gasteiger partial charge is 0.496 e. The van der Waals surface area contributed by atoms with Crippen LogP contribution < -0.4 is 15.4 Å². The van der Waals surface area contributed by atoms with Crippen LogP contribution in [-0.4, -0.2) is 23.8 Å². The Morgan fingerprint density at radius 3 is 2.45 bits per heavy atom. The number of ether oxygens (including phenoxy) is 1. The van der Waals surface area contributed by atoms with Gasteiger partial charge in [-0.3, -0.25) is 19.7 Å². The van der Waals surface area contributed by atoms with E-state index in [1.54, 1.807) is 12.1 Å². The number of anilines is 1. The maximum atomic E-state index is 13.5. The van der Waals surface area contributed by atoms with Gasteiger partial charge in [0.15, 0.2) is 0 Å². The smallest absolute Gasteiger partial charge is 0.272 e. The van der Waals surface area contributed by atoms with Crippen molar-refractivity contribution in [3.05, 3.63) is 104 Å². The van der Waals surface area contributed by atoms with Crippen LogP contribution >= 0.6 is 15.9 Å². The van der Waals surface area contributed by atoms with Gasteiger partial charge in [-0.2, -0.15) is 0 Å². The lowest BCUT2D eigenvalue weighted by atomic mass is 10.1. The summed E-state index contributed by atoms with van der Waals surface area (Å²) < 4.78 is 19.4. The van der Waals surface area contributed by atoms with Gasteiger partial charge in [0, 0.05) is 22.3 Å². The molecule has 3 rings (SSSR count). The fourth-order valence-electron chi connectivity index (χ4n) is 2.83. The maximum Gasteiger partial charge on any atom is 0.272 e. The Morgan fingerprint density at radius 2 is 1.82 bits per heavy atom. The standard InChI is InChI=1S/C23H17BrFN3O5/c1-33-21-10-7-15(24)12-19(21)22(29)27-20(11-14-5-8-18(9-6-14)28(31)32)23(30)26-17-4-2-3-16(25)13-17/h2-13H,1H3,(H,26,30)(H,27,29)/b20-11-. The van der Waals surface area contributed by atoms with Crippen molar-refractivity contribution in [2.24, 2.45) is 0 Å². The topological polar surface area (TPSA) is 111 Å². The van der Waals surface area contributed by atoms with Crippen LogP contribution in [0.1, 0.15) is 15.9 Å². The number of non-ortho nitro benzene ring substituents is 1. The summed E-state index contributed by atoms with van der Waals surface area (Å²) in [4.78, 5) is 36.2. The molecular formula is C23H17BrFN3O5. The van der Waals surface area contributed by atoms with Crippen LogP contribution in [0.15, 0.2) is 76.9 Å². The molecule has 168 valence electrons. The van der Waals surface area contributed by atoms with Crippen molar-refractivity contribution < 1.29 is 23.6 Å². The monoisotopic (exact) mass is 513 g/mol. The number of carbonyl (C=O) groups is 2. The SMILES string of the molecule is COc1ccc(Br)cc1C(=O)N/C(=C\c1ccc([N+](=O)[O-])cc1)C(=O)Nc1cccc(F)c1. The first-order valence-electron chi connectivity index (χ1n) is 9.45. The molecule has 0 aliphatic rings. The minimum absolute atomic E-state index is 0.124. The van der Waals surface area contributed by atoms with Crippen molar-refractivity contribution in [2.75, 3.05) is 12.4 Å². The average Bonchev–Trinajstić information content (AvgIpc) is 2.78. The van der Waals surface area contributed by atoms with Crippen molar-refractivity contribution in [1.82, 2.24) is 5.32 Å². The second kappa shape index (κ2) is 10.5. The minimum atomic E-state index is -0.721. The summed E-state index contributed by atoms with van der Waals surface area (Å²) in [5.74, 6) is -1.61. The molecule has 0 unspecified atom stereocenters. The number of rotatable bonds is 7. The third-order valence-electron chi connectivity index (χ3n) is 4.40. The summed E-state index contributed by atoms with van der Waals surface area (Å²) in [5, 5.41) is 15.9. The normalized spacial score (nSPS) is 10.9. The minimum Gasteiger partial charge on any atom is -0.496 e. The highest BCUT2D eigenvalue weighted by atomic mass is 79.9. The van der Waals surface area contributed by atoms with E-state index in [0.717, 1.165) is 6.07 Å². The second-order valence-electron chi connectivity index (χ2n) is 6.67. The molecule has 8 nitrogen and oxygen atoms in total. The summed E-state index contributed by atoms with van der Waals surface area (Å²) in [6.45, 7) is 0. The van der Waals surface area contributed by atoms with Crippen molar-refractivity contribution in [2.45, 2.75) is 0 Å². The first kappa shape index (κ1) is 23.6. The zero-order valence-corrected chi connectivity index (χ0v) is 18.8. The highest BCUT2D eigenvalue weighted by Crippen LogP contribution is 2.23. The molecule has 0 fully saturated rings. The van der Waals surface area contributed by atoms with Gasteiger partial charge in [0.2, 0.25) is 0 Å². The summed E-state index contributed by atoms with van der Waals surface area (Å²) in [6.07, 6.45) is 1.35.